The molecular weight excluding hydrogens is 221 g/mol. The van der Waals surface area contributed by atoms with E-state index >= 15 is 0 Å². The Hall–Kier alpha value is -1.42. The molecule has 1 fully saturated rings. The Kier molecular flexibility index (Phi) is 3.15. The maximum absolute atomic E-state index is 13.3. The van der Waals surface area contributed by atoms with Gasteiger partial charge in [-0.3, -0.25) is 4.79 Å². The Labute approximate surface area is 99.7 Å². The van der Waals surface area contributed by atoms with E-state index < -0.39 is 5.60 Å². The molecule has 1 aromatic rings. The van der Waals surface area contributed by atoms with E-state index in [2.05, 4.69) is 5.32 Å². The van der Waals surface area contributed by atoms with Gasteiger partial charge in [0.2, 0.25) is 0 Å². The number of halogens is 1. The van der Waals surface area contributed by atoms with E-state index in [4.69, 9.17) is 0 Å². The summed E-state index contributed by atoms with van der Waals surface area (Å²) in [6, 6.07) is 4.37. The van der Waals surface area contributed by atoms with E-state index in [-0.39, 0.29) is 23.8 Å². The SMILES string of the molecule is Cc1ccc(C(=O)NCC2(O)CCC2)cc1F. The van der Waals surface area contributed by atoms with Gasteiger partial charge in [-0.2, -0.15) is 0 Å². The zero-order valence-corrected chi connectivity index (χ0v) is 9.79. The van der Waals surface area contributed by atoms with Crippen LogP contribution >= 0.6 is 0 Å². The molecule has 0 unspecified atom stereocenters. The molecule has 3 nitrogen and oxygen atoms in total. The topological polar surface area (TPSA) is 49.3 Å². The molecule has 0 bridgehead atoms. The molecule has 2 rings (SSSR count). The Morgan fingerprint density at radius 2 is 2.24 bits per heavy atom. The minimum atomic E-state index is -0.751. The van der Waals surface area contributed by atoms with Crippen molar-refractivity contribution in [3.05, 3.63) is 35.1 Å². The predicted molar refractivity (Wildman–Crippen MR) is 62.3 cm³/mol. The van der Waals surface area contributed by atoms with E-state index in [1.54, 1.807) is 19.1 Å². The first-order valence-electron chi connectivity index (χ1n) is 5.77. The van der Waals surface area contributed by atoms with Gasteiger partial charge in [0, 0.05) is 12.1 Å². The minimum absolute atomic E-state index is 0.237. The predicted octanol–water partition coefficient (Wildman–Crippen LogP) is 1.78. The molecule has 2 N–H and O–H groups in total. The lowest BCUT2D eigenvalue weighted by Crippen LogP contribution is -2.47. The molecule has 1 aliphatic carbocycles. The molecular formula is C13H16FNO2. The van der Waals surface area contributed by atoms with Crippen LogP contribution in [0.1, 0.15) is 35.2 Å². The fourth-order valence-electron chi connectivity index (χ4n) is 1.84. The Balaban J connectivity index is 1.97. The van der Waals surface area contributed by atoms with Crippen molar-refractivity contribution in [1.82, 2.24) is 5.32 Å². The lowest BCUT2D eigenvalue weighted by molar-refractivity contribution is -0.0300. The van der Waals surface area contributed by atoms with E-state index in [1.807, 2.05) is 0 Å². The molecule has 1 saturated carbocycles. The Morgan fingerprint density at radius 3 is 2.76 bits per heavy atom. The molecule has 0 aromatic heterocycles. The number of amides is 1. The fraction of sp³-hybridized carbons (Fsp3) is 0.462. The summed E-state index contributed by atoms with van der Waals surface area (Å²) in [4.78, 5) is 11.7. The lowest BCUT2D eigenvalue weighted by Gasteiger charge is -2.36. The summed E-state index contributed by atoms with van der Waals surface area (Å²) in [5, 5.41) is 12.4. The maximum Gasteiger partial charge on any atom is 0.251 e. The second-order valence-electron chi connectivity index (χ2n) is 4.72. The number of hydrogen-bond acceptors (Lipinski definition) is 2. The second kappa shape index (κ2) is 4.45. The van der Waals surface area contributed by atoms with Crippen molar-refractivity contribution >= 4 is 5.91 Å². The van der Waals surface area contributed by atoms with Crippen LogP contribution in [0.4, 0.5) is 4.39 Å². The van der Waals surface area contributed by atoms with Crippen molar-refractivity contribution in [2.24, 2.45) is 0 Å². The average Bonchev–Trinajstić information content (AvgIpc) is 2.27. The number of aliphatic hydroxyl groups is 1. The van der Waals surface area contributed by atoms with E-state index in [1.165, 1.54) is 6.07 Å². The highest BCUT2D eigenvalue weighted by molar-refractivity contribution is 5.94. The summed E-state index contributed by atoms with van der Waals surface area (Å²) in [7, 11) is 0. The molecule has 0 heterocycles. The molecule has 0 radical (unpaired) electrons. The van der Waals surface area contributed by atoms with Crippen molar-refractivity contribution in [1.29, 1.82) is 0 Å². The summed E-state index contributed by atoms with van der Waals surface area (Å²) in [5.74, 6) is -0.732. The first-order valence-corrected chi connectivity index (χ1v) is 5.77. The molecule has 0 aliphatic heterocycles. The van der Waals surface area contributed by atoms with Gasteiger partial charge >= 0.3 is 0 Å². The highest BCUT2D eigenvalue weighted by Gasteiger charge is 2.34. The van der Waals surface area contributed by atoms with Crippen molar-refractivity contribution in [3.8, 4) is 0 Å². The van der Waals surface area contributed by atoms with Gasteiger partial charge in [-0.15, -0.1) is 0 Å². The number of aryl methyl sites for hydroxylation is 1. The number of benzene rings is 1. The third kappa shape index (κ3) is 2.64. The number of carbonyl (C=O) groups excluding carboxylic acids is 1. The van der Waals surface area contributed by atoms with Crippen LogP contribution in [-0.2, 0) is 0 Å². The van der Waals surface area contributed by atoms with Crippen molar-refractivity contribution in [3.63, 3.8) is 0 Å². The zero-order chi connectivity index (χ0) is 12.5. The third-order valence-electron chi connectivity index (χ3n) is 3.30. The number of nitrogens with one attached hydrogen (secondary N) is 1. The quantitative estimate of drug-likeness (QED) is 0.841. The molecule has 0 saturated heterocycles. The van der Waals surface area contributed by atoms with Crippen molar-refractivity contribution < 1.29 is 14.3 Å². The van der Waals surface area contributed by atoms with Gasteiger partial charge in [0.1, 0.15) is 5.82 Å². The van der Waals surface area contributed by atoms with Crippen LogP contribution in [0.5, 0.6) is 0 Å². The van der Waals surface area contributed by atoms with Crippen molar-refractivity contribution in [2.75, 3.05) is 6.54 Å². The van der Waals surface area contributed by atoms with Crippen LogP contribution in [-0.4, -0.2) is 23.2 Å². The Morgan fingerprint density at radius 1 is 1.53 bits per heavy atom. The molecule has 4 heteroatoms. The molecule has 92 valence electrons. The van der Waals surface area contributed by atoms with E-state index in [9.17, 15) is 14.3 Å². The maximum atomic E-state index is 13.3. The average molecular weight is 237 g/mol. The largest absolute Gasteiger partial charge is 0.388 e. The molecule has 0 spiro atoms. The molecule has 1 amide bonds. The highest BCUT2D eigenvalue weighted by Crippen LogP contribution is 2.30. The van der Waals surface area contributed by atoms with Crippen molar-refractivity contribution in [2.45, 2.75) is 31.8 Å². The standard InChI is InChI=1S/C13H16FNO2/c1-9-3-4-10(7-11(9)14)12(16)15-8-13(17)5-2-6-13/h3-4,7,17H,2,5-6,8H2,1H3,(H,15,16). The van der Waals surface area contributed by atoms with E-state index in [0.29, 0.717) is 5.56 Å². The van der Waals surface area contributed by atoms with Gasteiger partial charge in [-0.05, 0) is 43.9 Å². The summed E-state index contributed by atoms with van der Waals surface area (Å²) in [6.45, 7) is 1.88. The summed E-state index contributed by atoms with van der Waals surface area (Å²) in [5.41, 5.74) is 0.0500. The third-order valence-corrected chi connectivity index (χ3v) is 3.30. The number of rotatable bonds is 3. The molecule has 1 aromatic carbocycles. The van der Waals surface area contributed by atoms with Gasteiger partial charge in [0.25, 0.3) is 5.91 Å². The minimum Gasteiger partial charge on any atom is -0.388 e. The fourth-order valence-corrected chi connectivity index (χ4v) is 1.84. The second-order valence-corrected chi connectivity index (χ2v) is 4.72. The highest BCUT2D eigenvalue weighted by atomic mass is 19.1. The van der Waals surface area contributed by atoms with Gasteiger partial charge in [0.05, 0.1) is 5.60 Å². The number of hydrogen-bond donors (Lipinski definition) is 2. The van der Waals surface area contributed by atoms with E-state index in [0.717, 1.165) is 19.3 Å². The van der Waals surface area contributed by atoms with Gasteiger partial charge < -0.3 is 10.4 Å². The Bertz CT molecular complexity index is 441. The normalized spacial score (nSPS) is 17.4. The lowest BCUT2D eigenvalue weighted by atomic mass is 9.80. The summed E-state index contributed by atoms with van der Waals surface area (Å²) in [6.07, 6.45) is 2.43. The van der Waals surface area contributed by atoms with Crippen LogP contribution in [0.25, 0.3) is 0 Å². The van der Waals surface area contributed by atoms with Crippen LogP contribution < -0.4 is 5.32 Å². The first-order chi connectivity index (χ1) is 8.00. The van der Waals surface area contributed by atoms with Gasteiger partial charge in [-0.25, -0.2) is 4.39 Å². The zero-order valence-electron chi connectivity index (χ0n) is 9.79. The monoisotopic (exact) mass is 237 g/mol. The summed E-state index contributed by atoms with van der Waals surface area (Å²) >= 11 is 0. The van der Waals surface area contributed by atoms with Crippen LogP contribution in [0.15, 0.2) is 18.2 Å². The summed E-state index contributed by atoms with van der Waals surface area (Å²) < 4.78 is 13.3. The van der Waals surface area contributed by atoms with Gasteiger partial charge in [0.15, 0.2) is 0 Å². The van der Waals surface area contributed by atoms with Crippen LogP contribution in [0, 0.1) is 12.7 Å². The molecule has 1 aliphatic rings. The molecule has 0 atom stereocenters. The van der Waals surface area contributed by atoms with Gasteiger partial charge in [-0.1, -0.05) is 6.07 Å². The van der Waals surface area contributed by atoms with Crippen LogP contribution in [0.3, 0.4) is 0 Å². The van der Waals surface area contributed by atoms with Crippen LogP contribution in [0.2, 0.25) is 0 Å². The number of carbonyl (C=O) groups is 1. The molecule has 17 heavy (non-hydrogen) atoms. The first kappa shape index (κ1) is 12.0. The smallest absolute Gasteiger partial charge is 0.251 e.